The van der Waals surface area contributed by atoms with Gasteiger partial charge < -0.3 is 14.8 Å². The van der Waals surface area contributed by atoms with Crippen LogP contribution < -0.4 is 14.8 Å². The average molecular weight is 431 g/mol. The SMILES string of the molecule is COc1cc(F)ccc1Oc1ncc(C(F)(F)F)cc1C(=O)Nc1cccc(C#N)c1. The zero-order valence-corrected chi connectivity index (χ0v) is 15.8. The number of anilines is 1. The second-order valence-electron chi connectivity index (χ2n) is 6.12. The molecule has 0 bridgehead atoms. The maximum atomic E-state index is 13.4. The van der Waals surface area contributed by atoms with Crippen molar-refractivity contribution < 1.29 is 31.8 Å². The fourth-order valence-corrected chi connectivity index (χ4v) is 2.55. The van der Waals surface area contributed by atoms with E-state index in [4.69, 9.17) is 14.7 Å². The van der Waals surface area contributed by atoms with Crippen molar-refractivity contribution in [3.63, 3.8) is 0 Å². The predicted octanol–water partition coefficient (Wildman–Crippen LogP) is 5.16. The number of ether oxygens (including phenoxy) is 2. The Balaban J connectivity index is 2.02. The minimum Gasteiger partial charge on any atom is -0.493 e. The number of nitriles is 1. The van der Waals surface area contributed by atoms with Crippen molar-refractivity contribution in [2.45, 2.75) is 6.18 Å². The van der Waals surface area contributed by atoms with Crippen molar-refractivity contribution >= 4 is 11.6 Å². The molecule has 0 aliphatic heterocycles. The summed E-state index contributed by atoms with van der Waals surface area (Å²) < 4.78 is 63.4. The molecule has 1 aromatic heterocycles. The van der Waals surface area contributed by atoms with Gasteiger partial charge in [0, 0.05) is 18.0 Å². The quantitative estimate of drug-likeness (QED) is 0.564. The van der Waals surface area contributed by atoms with Gasteiger partial charge in [-0.15, -0.1) is 0 Å². The van der Waals surface area contributed by atoms with Crippen LogP contribution in [0.15, 0.2) is 54.7 Å². The standard InChI is InChI=1S/C21H13F4N3O3/c1-30-18-9-14(22)5-6-17(18)31-20-16(8-13(11-27-20)21(23,24)25)19(29)28-15-4-2-3-12(7-15)10-26/h2-9,11H,1H3,(H,28,29). The number of rotatable bonds is 5. The molecule has 1 heterocycles. The topological polar surface area (TPSA) is 84.2 Å². The number of carbonyl (C=O) groups is 1. The summed E-state index contributed by atoms with van der Waals surface area (Å²) in [5.41, 5.74) is -1.26. The van der Waals surface area contributed by atoms with E-state index in [1.54, 1.807) is 0 Å². The summed E-state index contributed by atoms with van der Waals surface area (Å²) in [6, 6.07) is 11.5. The highest BCUT2D eigenvalue weighted by atomic mass is 19.4. The van der Waals surface area contributed by atoms with E-state index in [0.717, 1.165) is 12.1 Å². The number of benzene rings is 2. The van der Waals surface area contributed by atoms with Gasteiger partial charge in [-0.05, 0) is 36.4 Å². The Morgan fingerprint density at radius 3 is 2.58 bits per heavy atom. The third-order valence-electron chi connectivity index (χ3n) is 4.00. The number of halogens is 4. The molecule has 0 unspecified atom stereocenters. The van der Waals surface area contributed by atoms with Crippen LogP contribution in [-0.2, 0) is 6.18 Å². The molecule has 0 aliphatic carbocycles. The highest BCUT2D eigenvalue weighted by Crippen LogP contribution is 2.36. The minimum atomic E-state index is -4.76. The fraction of sp³-hybridized carbons (Fsp3) is 0.0952. The highest BCUT2D eigenvalue weighted by molar-refractivity contribution is 6.06. The first-order valence-corrected chi connectivity index (χ1v) is 8.61. The molecule has 3 rings (SSSR count). The number of hydrogen-bond donors (Lipinski definition) is 1. The predicted molar refractivity (Wildman–Crippen MR) is 101 cm³/mol. The number of carbonyl (C=O) groups excluding carboxylic acids is 1. The van der Waals surface area contributed by atoms with Gasteiger partial charge >= 0.3 is 6.18 Å². The Hall–Kier alpha value is -4.13. The number of nitrogens with one attached hydrogen (secondary N) is 1. The van der Waals surface area contributed by atoms with Crippen LogP contribution in [0, 0.1) is 17.1 Å². The van der Waals surface area contributed by atoms with Crippen LogP contribution >= 0.6 is 0 Å². The van der Waals surface area contributed by atoms with E-state index in [2.05, 4.69) is 10.3 Å². The van der Waals surface area contributed by atoms with Crippen LogP contribution in [0.1, 0.15) is 21.5 Å². The number of aromatic nitrogens is 1. The van der Waals surface area contributed by atoms with E-state index in [-0.39, 0.29) is 22.7 Å². The van der Waals surface area contributed by atoms with Gasteiger partial charge in [-0.1, -0.05) is 6.07 Å². The molecule has 158 valence electrons. The van der Waals surface area contributed by atoms with Gasteiger partial charge in [0.15, 0.2) is 11.5 Å². The lowest BCUT2D eigenvalue weighted by Gasteiger charge is -2.15. The van der Waals surface area contributed by atoms with E-state index in [0.29, 0.717) is 12.3 Å². The second-order valence-corrected chi connectivity index (χ2v) is 6.12. The molecule has 0 fully saturated rings. The summed E-state index contributed by atoms with van der Waals surface area (Å²) in [5.74, 6) is -2.14. The Bertz CT molecular complexity index is 1170. The van der Waals surface area contributed by atoms with Crippen LogP contribution in [0.3, 0.4) is 0 Å². The summed E-state index contributed by atoms with van der Waals surface area (Å²) in [6.07, 6.45) is -4.24. The van der Waals surface area contributed by atoms with Gasteiger partial charge in [-0.25, -0.2) is 9.37 Å². The Morgan fingerprint density at radius 2 is 1.90 bits per heavy atom. The summed E-state index contributed by atoms with van der Waals surface area (Å²) in [4.78, 5) is 16.4. The van der Waals surface area contributed by atoms with Crippen LogP contribution in [0.5, 0.6) is 17.4 Å². The molecular weight excluding hydrogens is 418 g/mol. The highest BCUT2D eigenvalue weighted by Gasteiger charge is 2.33. The number of nitrogens with zero attached hydrogens (tertiary/aromatic N) is 2. The average Bonchev–Trinajstić information content (AvgIpc) is 2.74. The summed E-state index contributed by atoms with van der Waals surface area (Å²) >= 11 is 0. The molecule has 0 spiro atoms. The normalized spacial score (nSPS) is 10.8. The van der Waals surface area contributed by atoms with Gasteiger partial charge in [0.25, 0.3) is 5.91 Å². The first kappa shape index (κ1) is 21.6. The van der Waals surface area contributed by atoms with Gasteiger partial charge in [0.1, 0.15) is 11.4 Å². The van der Waals surface area contributed by atoms with Gasteiger partial charge in [-0.3, -0.25) is 4.79 Å². The smallest absolute Gasteiger partial charge is 0.417 e. The lowest BCUT2D eigenvalue weighted by atomic mass is 10.1. The Morgan fingerprint density at radius 1 is 1.13 bits per heavy atom. The molecule has 6 nitrogen and oxygen atoms in total. The van der Waals surface area contributed by atoms with Crippen LogP contribution in [0.25, 0.3) is 0 Å². The Labute approximate surface area is 173 Å². The van der Waals surface area contributed by atoms with Crippen LogP contribution in [0.2, 0.25) is 0 Å². The lowest BCUT2D eigenvalue weighted by molar-refractivity contribution is -0.137. The molecule has 0 aliphatic rings. The molecular formula is C21H13F4N3O3. The third kappa shape index (κ3) is 5.08. The fourth-order valence-electron chi connectivity index (χ4n) is 2.55. The number of methoxy groups -OCH3 is 1. The van der Waals surface area contributed by atoms with Crippen molar-refractivity contribution in [2.24, 2.45) is 0 Å². The second kappa shape index (κ2) is 8.71. The minimum absolute atomic E-state index is 0.0465. The van der Waals surface area contributed by atoms with Crippen molar-refractivity contribution in [2.75, 3.05) is 12.4 Å². The molecule has 1 amide bonds. The molecule has 3 aromatic rings. The van der Waals surface area contributed by atoms with E-state index >= 15 is 0 Å². The molecule has 10 heteroatoms. The molecule has 31 heavy (non-hydrogen) atoms. The van der Waals surface area contributed by atoms with Crippen LogP contribution in [-0.4, -0.2) is 18.0 Å². The van der Waals surface area contributed by atoms with Crippen molar-refractivity contribution in [1.29, 1.82) is 5.26 Å². The van der Waals surface area contributed by atoms with E-state index in [1.165, 1.54) is 37.4 Å². The zero-order valence-electron chi connectivity index (χ0n) is 15.8. The van der Waals surface area contributed by atoms with Crippen molar-refractivity contribution in [1.82, 2.24) is 4.98 Å². The maximum Gasteiger partial charge on any atom is 0.417 e. The summed E-state index contributed by atoms with van der Waals surface area (Å²) in [5, 5.41) is 11.4. The van der Waals surface area contributed by atoms with Gasteiger partial charge in [0.2, 0.25) is 5.88 Å². The first-order chi connectivity index (χ1) is 14.7. The number of alkyl halides is 3. The van der Waals surface area contributed by atoms with Crippen LogP contribution in [0.4, 0.5) is 23.2 Å². The van der Waals surface area contributed by atoms with Crippen molar-refractivity contribution in [3.8, 4) is 23.4 Å². The van der Waals surface area contributed by atoms with E-state index < -0.39 is 34.9 Å². The monoisotopic (exact) mass is 431 g/mol. The number of hydrogen-bond acceptors (Lipinski definition) is 5. The summed E-state index contributed by atoms with van der Waals surface area (Å²) in [7, 11) is 1.25. The molecule has 2 aromatic carbocycles. The largest absolute Gasteiger partial charge is 0.493 e. The molecule has 0 radical (unpaired) electrons. The third-order valence-corrected chi connectivity index (χ3v) is 4.00. The lowest BCUT2D eigenvalue weighted by Crippen LogP contribution is -2.16. The number of amides is 1. The first-order valence-electron chi connectivity index (χ1n) is 8.61. The molecule has 1 N–H and O–H groups in total. The zero-order chi connectivity index (χ0) is 22.6. The molecule has 0 atom stereocenters. The molecule has 0 saturated carbocycles. The molecule has 0 saturated heterocycles. The van der Waals surface area contributed by atoms with Crippen molar-refractivity contribution in [3.05, 3.63) is 77.2 Å². The van der Waals surface area contributed by atoms with Gasteiger partial charge in [-0.2, -0.15) is 18.4 Å². The number of pyridine rings is 1. The maximum absolute atomic E-state index is 13.4. The van der Waals surface area contributed by atoms with E-state index in [9.17, 15) is 22.4 Å². The Kier molecular flexibility index (Phi) is 6.06. The van der Waals surface area contributed by atoms with Gasteiger partial charge in [0.05, 0.1) is 24.3 Å². The summed E-state index contributed by atoms with van der Waals surface area (Å²) in [6.45, 7) is 0. The van der Waals surface area contributed by atoms with E-state index in [1.807, 2.05) is 6.07 Å².